The molecule has 2 saturated carbocycles. The standard InChI is InChI=1S/C19H36N2O2/c1-2-23-14-15-7-8-17(13-15)21-11-9-16(10-12-21)20-18-5-3-4-6-19(18)22/h15-20,22H,2-14H2,1H3/t15-,17+,18+,19+/m0/s1. The topological polar surface area (TPSA) is 44.7 Å². The predicted molar refractivity (Wildman–Crippen MR) is 93.6 cm³/mol. The van der Waals surface area contributed by atoms with Crippen molar-refractivity contribution >= 4 is 0 Å². The molecule has 4 atom stereocenters. The minimum atomic E-state index is -0.115. The third kappa shape index (κ3) is 4.91. The van der Waals surface area contributed by atoms with Gasteiger partial charge in [-0.25, -0.2) is 0 Å². The van der Waals surface area contributed by atoms with Gasteiger partial charge in [0.1, 0.15) is 0 Å². The van der Waals surface area contributed by atoms with Gasteiger partial charge < -0.3 is 20.1 Å². The van der Waals surface area contributed by atoms with E-state index in [9.17, 15) is 5.11 Å². The van der Waals surface area contributed by atoms with E-state index in [4.69, 9.17) is 4.74 Å². The minimum absolute atomic E-state index is 0.115. The molecule has 0 bridgehead atoms. The number of nitrogens with one attached hydrogen (secondary N) is 1. The molecule has 2 aliphatic carbocycles. The van der Waals surface area contributed by atoms with Crippen molar-refractivity contribution in [3.8, 4) is 0 Å². The molecule has 0 aromatic rings. The normalized spacial score (nSPS) is 37.3. The van der Waals surface area contributed by atoms with Crippen molar-refractivity contribution in [2.45, 2.75) is 88.9 Å². The van der Waals surface area contributed by atoms with Crippen molar-refractivity contribution < 1.29 is 9.84 Å². The van der Waals surface area contributed by atoms with Crippen LogP contribution >= 0.6 is 0 Å². The molecule has 1 saturated heterocycles. The Kier molecular flexibility index (Phi) is 6.75. The number of nitrogens with zero attached hydrogens (tertiary/aromatic N) is 1. The van der Waals surface area contributed by atoms with Gasteiger partial charge in [0.05, 0.1) is 6.10 Å². The number of hydrogen-bond donors (Lipinski definition) is 2. The van der Waals surface area contributed by atoms with Crippen molar-refractivity contribution in [1.29, 1.82) is 0 Å². The quantitative estimate of drug-likeness (QED) is 0.788. The molecular weight excluding hydrogens is 288 g/mol. The van der Waals surface area contributed by atoms with Gasteiger partial charge in [0, 0.05) is 31.3 Å². The number of likely N-dealkylation sites (tertiary alicyclic amines) is 1. The maximum atomic E-state index is 10.1. The first-order chi connectivity index (χ1) is 11.3. The molecule has 3 rings (SSSR count). The van der Waals surface area contributed by atoms with Crippen molar-refractivity contribution in [3.63, 3.8) is 0 Å². The Bertz CT molecular complexity index is 344. The molecule has 1 heterocycles. The highest BCUT2D eigenvalue weighted by Crippen LogP contribution is 2.31. The lowest BCUT2D eigenvalue weighted by atomic mass is 9.91. The number of ether oxygens (including phenoxy) is 1. The van der Waals surface area contributed by atoms with Crippen molar-refractivity contribution in [3.05, 3.63) is 0 Å². The summed E-state index contributed by atoms with van der Waals surface area (Å²) in [6.45, 7) is 6.36. The molecule has 4 heteroatoms. The molecule has 1 aliphatic heterocycles. The SMILES string of the molecule is CCOC[C@H]1CC[C@@H](N2CCC(N[C@@H]3CCCC[C@H]3O)CC2)C1. The van der Waals surface area contributed by atoms with Crippen LogP contribution in [0.1, 0.15) is 64.7 Å². The van der Waals surface area contributed by atoms with E-state index in [0.29, 0.717) is 12.1 Å². The summed E-state index contributed by atoms with van der Waals surface area (Å²) in [5, 5.41) is 13.9. The summed E-state index contributed by atoms with van der Waals surface area (Å²) < 4.78 is 5.61. The van der Waals surface area contributed by atoms with Gasteiger partial charge in [0.2, 0.25) is 0 Å². The average molecular weight is 325 g/mol. The Morgan fingerprint density at radius 1 is 1.04 bits per heavy atom. The molecule has 2 N–H and O–H groups in total. The zero-order chi connectivity index (χ0) is 16.1. The third-order valence-corrected chi connectivity index (χ3v) is 6.30. The lowest BCUT2D eigenvalue weighted by molar-refractivity contribution is 0.0704. The zero-order valence-corrected chi connectivity index (χ0v) is 14.9. The summed E-state index contributed by atoms with van der Waals surface area (Å²) in [4.78, 5) is 2.72. The van der Waals surface area contributed by atoms with Gasteiger partial charge >= 0.3 is 0 Å². The third-order valence-electron chi connectivity index (χ3n) is 6.30. The molecular formula is C19H36N2O2. The first kappa shape index (κ1) is 17.7. The number of piperidine rings is 1. The number of aliphatic hydroxyl groups is 1. The average Bonchev–Trinajstić information content (AvgIpc) is 3.05. The maximum absolute atomic E-state index is 10.1. The molecule has 0 aromatic heterocycles. The number of hydrogen-bond acceptors (Lipinski definition) is 4. The Morgan fingerprint density at radius 2 is 1.83 bits per heavy atom. The van der Waals surface area contributed by atoms with E-state index in [0.717, 1.165) is 38.0 Å². The lowest BCUT2D eigenvalue weighted by Gasteiger charge is -2.39. The monoisotopic (exact) mass is 324 g/mol. The zero-order valence-electron chi connectivity index (χ0n) is 14.9. The number of rotatable bonds is 6. The molecule has 134 valence electrons. The highest BCUT2D eigenvalue weighted by molar-refractivity contribution is 4.90. The van der Waals surface area contributed by atoms with E-state index in [1.54, 1.807) is 0 Å². The fourth-order valence-corrected chi connectivity index (χ4v) is 4.86. The predicted octanol–water partition coefficient (Wildman–Crippen LogP) is 2.55. The van der Waals surface area contributed by atoms with Crippen LogP contribution in [0.2, 0.25) is 0 Å². The first-order valence-corrected chi connectivity index (χ1v) is 10.0. The second-order valence-electron chi connectivity index (χ2n) is 7.93. The van der Waals surface area contributed by atoms with Crippen LogP contribution in [0.15, 0.2) is 0 Å². The highest BCUT2D eigenvalue weighted by Gasteiger charge is 2.33. The Labute approximate surface area is 142 Å². The lowest BCUT2D eigenvalue weighted by Crippen LogP contribution is -2.52. The molecule has 3 fully saturated rings. The van der Waals surface area contributed by atoms with Crippen LogP contribution in [0, 0.1) is 5.92 Å². The largest absolute Gasteiger partial charge is 0.392 e. The van der Waals surface area contributed by atoms with Gasteiger partial charge in [-0.05, 0) is 70.9 Å². The van der Waals surface area contributed by atoms with Crippen LogP contribution in [0.3, 0.4) is 0 Å². The van der Waals surface area contributed by atoms with Gasteiger partial charge in [-0.3, -0.25) is 0 Å². The van der Waals surface area contributed by atoms with Crippen molar-refractivity contribution in [2.75, 3.05) is 26.3 Å². The first-order valence-electron chi connectivity index (χ1n) is 10.0. The second kappa shape index (κ2) is 8.80. The highest BCUT2D eigenvalue weighted by atomic mass is 16.5. The van der Waals surface area contributed by atoms with E-state index < -0.39 is 0 Å². The summed E-state index contributed by atoms with van der Waals surface area (Å²) in [5.41, 5.74) is 0. The van der Waals surface area contributed by atoms with Gasteiger partial charge in [-0.15, -0.1) is 0 Å². The molecule has 0 unspecified atom stereocenters. The van der Waals surface area contributed by atoms with E-state index in [1.165, 1.54) is 58.0 Å². The van der Waals surface area contributed by atoms with E-state index in [-0.39, 0.29) is 6.10 Å². The molecule has 0 spiro atoms. The van der Waals surface area contributed by atoms with Crippen molar-refractivity contribution in [1.82, 2.24) is 10.2 Å². The van der Waals surface area contributed by atoms with E-state index >= 15 is 0 Å². The fraction of sp³-hybridized carbons (Fsp3) is 1.00. The Hall–Kier alpha value is -0.160. The molecule has 3 aliphatic rings. The van der Waals surface area contributed by atoms with Gasteiger partial charge in [0.15, 0.2) is 0 Å². The second-order valence-corrected chi connectivity index (χ2v) is 7.93. The van der Waals surface area contributed by atoms with Crippen LogP contribution in [0.4, 0.5) is 0 Å². The van der Waals surface area contributed by atoms with Gasteiger partial charge in [-0.1, -0.05) is 12.8 Å². The molecule has 0 radical (unpaired) electrons. The van der Waals surface area contributed by atoms with Gasteiger partial charge in [-0.2, -0.15) is 0 Å². The smallest absolute Gasteiger partial charge is 0.0693 e. The van der Waals surface area contributed by atoms with E-state index in [1.807, 2.05) is 0 Å². The van der Waals surface area contributed by atoms with E-state index in [2.05, 4.69) is 17.1 Å². The van der Waals surface area contributed by atoms with Crippen LogP contribution in [0.5, 0.6) is 0 Å². The van der Waals surface area contributed by atoms with Crippen LogP contribution < -0.4 is 5.32 Å². The Balaban J connectivity index is 1.37. The minimum Gasteiger partial charge on any atom is -0.392 e. The molecule has 0 aromatic carbocycles. The fourth-order valence-electron chi connectivity index (χ4n) is 4.86. The maximum Gasteiger partial charge on any atom is 0.0693 e. The van der Waals surface area contributed by atoms with Crippen LogP contribution in [-0.2, 0) is 4.74 Å². The summed E-state index contributed by atoms with van der Waals surface area (Å²) in [7, 11) is 0. The van der Waals surface area contributed by atoms with Gasteiger partial charge in [0.25, 0.3) is 0 Å². The number of aliphatic hydroxyl groups excluding tert-OH is 1. The molecule has 4 nitrogen and oxygen atoms in total. The summed E-state index contributed by atoms with van der Waals surface area (Å²) in [6.07, 6.45) is 11.0. The molecule has 23 heavy (non-hydrogen) atoms. The van der Waals surface area contributed by atoms with Crippen LogP contribution in [-0.4, -0.2) is 60.5 Å². The summed E-state index contributed by atoms with van der Waals surface area (Å²) in [5.74, 6) is 0.785. The molecule has 0 amide bonds. The van der Waals surface area contributed by atoms with Crippen molar-refractivity contribution in [2.24, 2.45) is 5.92 Å². The van der Waals surface area contributed by atoms with Crippen LogP contribution in [0.25, 0.3) is 0 Å². The Morgan fingerprint density at radius 3 is 2.57 bits per heavy atom. The summed E-state index contributed by atoms with van der Waals surface area (Å²) in [6, 6.07) is 1.76. The summed E-state index contributed by atoms with van der Waals surface area (Å²) >= 11 is 0.